The zero-order valence-electron chi connectivity index (χ0n) is 14.2. The largest absolute Gasteiger partial charge is 0.399 e. The Kier molecular flexibility index (Phi) is 6.06. The summed E-state index contributed by atoms with van der Waals surface area (Å²) in [5, 5.41) is 3.51. The summed E-state index contributed by atoms with van der Waals surface area (Å²) in [4.78, 5) is 26.8. The molecule has 1 aliphatic heterocycles. The maximum absolute atomic E-state index is 12.7. The van der Waals surface area contributed by atoms with Gasteiger partial charge in [0.1, 0.15) is 6.04 Å². The van der Waals surface area contributed by atoms with Gasteiger partial charge in [-0.25, -0.2) is 0 Å². The van der Waals surface area contributed by atoms with Crippen LogP contribution in [0.4, 0.5) is 5.69 Å². The highest BCUT2D eigenvalue weighted by Crippen LogP contribution is 2.24. The van der Waals surface area contributed by atoms with Crippen molar-refractivity contribution < 1.29 is 9.59 Å². The molecule has 2 amide bonds. The lowest BCUT2D eigenvalue weighted by Crippen LogP contribution is -2.47. The Bertz CT molecular complexity index is 780. The van der Waals surface area contributed by atoms with E-state index in [0.29, 0.717) is 28.8 Å². The van der Waals surface area contributed by atoms with Gasteiger partial charge in [0.05, 0.1) is 5.88 Å². The standard InChI is InChI=1S/C19H20ClN3O2S/c20-15-5-3-14(4-6-15)19(25)23-12-26-11-17(23)18(24)22-10-9-13-1-7-16(21)8-2-13/h1-8,17H,9-12,21H2,(H,22,24). The molecule has 1 heterocycles. The van der Waals surface area contributed by atoms with Crippen LogP contribution in [0, 0.1) is 0 Å². The van der Waals surface area contributed by atoms with Crippen LogP contribution in [0.3, 0.4) is 0 Å². The topological polar surface area (TPSA) is 75.4 Å². The fourth-order valence-electron chi connectivity index (χ4n) is 2.75. The SMILES string of the molecule is Nc1ccc(CCNC(=O)C2CSCN2C(=O)c2ccc(Cl)cc2)cc1. The summed E-state index contributed by atoms with van der Waals surface area (Å²) in [6.45, 7) is 0.521. The Labute approximate surface area is 161 Å². The van der Waals surface area contributed by atoms with E-state index in [1.165, 1.54) is 0 Å². The molecule has 5 nitrogen and oxygen atoms in total. The van der Waals surface area contributed by atoms with E-state index >= 15 is 0 Å². The lowest BCUT2D eigenvalue weighted by Gasteiger charge is -2.23. The highest BCUT2D eigenvalue weighted by Gasteiger charge is 2.34. The lowest BCUT2D eigenvalue weighted by atomic mass is 10.1. The van der Waals surface area contributed by atoms with Crippen molar-refractivity contribution in [2.24, 2.45) is 0 Å². The summed E-state index contributed by atoms with van der Waals surface area (Å²) < 4.78 is 0. The fraction of sp³-hybridized carbons (Fsp3) is 0.263. The molecule has 1 saturated heterocycles. The van der Waals surface area contributed by atoms with Crippen molar-refractivity contribution in [3.05, 3.63) is 64.7 Å². The number of nitrogens with two attached hydrogens (primary N) is 1. The minimum Gasteiger partial charge on any atom is -0.399 e. The molecule has 136 valence electrons. The van der Waals surface area contributed by atoms with Crippen LogP contribution >= 0.6 is 23.4 Å². The highest BCUT2D eigenvalue weighted by atomic mass is 35.5. The summed E-state index contributed by atoms with van der Waals surface area (Å²) in [5.74, 6) is 0.850. The summed E-state index contributed by atoms with van der Waals surface area (Å²) in [7, 11) is 0. The van der Waals surface area contributed by atoms with Crippen LogP contribution in [0.5, 0.6) is 0 Å². The Balaban J connectivity index is 1.56. The van der Waals surface area contributed by atoms with Gasteiger partial charge in [0, 0.05) is 28.6 Å². The van der Waals surface area contributed by atoms with Crippen molar-refractivity contribution in [3.8, 4) is 0 Å². The van der Waals surface area contributed by atoms with Crippen LogP contribution in [-0.2, 0) is 11.2 Å². The van der Waals surface area contributed by atoms with Gasteiger partial charge >= 0.3 is 0 Å². The van der Waals surface area contributed by atoms with Gasteiger partial charge < -0.3 is 16.0 Å². The Hall–Kier alpha value is -2.18. The molecule has 3 rings (SSSR count). The molecule has 0 saturated carbocycles. The summed E-state index contributed by atoms with van der Waals surface area (Å²) in [6, 6.07) is 13.9. The third kappa shape index (κ3) is 4.51. The molecule has 2 aromatic carbocycles. The third-order valence-electron chi connectivity index (χ3n) is 4.23. The van der Waals surface area contributed by atoms with Gasteiger partial charge in [-0.05, 0) is 48.4 Å². The first kappa shape index (κ1) is 18.6. The number of nitrogens with one attached hydrogen (secondary N) is 1. The van der Waals surface area contributed by atoms with Gasteiger partial charge in [0.2, 0.25) is 5.91 Å². The molecular formula is C19H20ClN3O2S. The molecule has 1 aliphatic rings. The molecule has 7 heteroatoms. The number of carbonyl (C=O) groups is 2. The lowest BCUT2D eigenvalue weighted by molar-refractivity contribution is -0.124. The normalized spacial score (nSPS) is 16.5. The Morgan fingerprint density at radius 2 is 1.85 bits per heavy atom. The zero-order valence-corrected chi connectivity index (χ0v) is 15.7. The van der Waals surface area contributed by atoms with Crippen LogP contribution in [0.2, 0.25) is 5.02 Å². The second-order valence-electron chi connectivity index (χ2n) is 6.08. The third-order valence-corrected chi connectivity index (χ3v) is 5.49. The van der Waals surface area contributed by atoms with E-state index in [1.54, 1.807) is 40.9 Å². The minimum atomic E-state index is -0.449. The number of rotatable bonds is 5. The number of anilines is 1. The predicted molar refractivity (Wildman–Crippen MR) is 106 cm³/mol. The van der Waals surface area contributed by atoms with E-state index in [1.807, 2.05) is 24.3 Å². The monoisotopic (exact) mass is 389 g/mol. The van der Waals surface area contributed by atoms with Crippen LogP contribution < -0.4 is 11.1 Å². The van der Waals surface area contributed by atoms with Crippen LogP contribution in [0.25, 0.3) is 0 Å². The van der Waals surface area contributed by atoms with E-state index in [-0.39, 0.29) is 11.8 Å². The van der Waals surface area contributed by atoms with Crippen molar-refractivity contribution >= 4 is 40.9 Å². The molecule has 26 heavy (non-hydrogen) atoms. The average molecular weight is 390 g/mol. The summed E-state index contributed by atoms with van der Waals surface area (Å²) >= 11 is 7.45. The second-order valence-corrected chi connectivity index (χ2v) is 7.52. The first-order valence-electron chi connectivity index (χ1n) is 8.31. The van der Waals surface area contributed by atoms with Gasteiger partial charge in [-0.3, -0.25) is 9.59 Å². The molecule has 1 unspecified atom stereocenters. The van der Waals surface area contributed by atoms with Crippen molar-refractivity contribution in [3.63, 3.8) is 0 Å². The van der Waals surface area contributed by atoms with Crippen molar-refractivity contribution in [1.82, 2.24) is 10.2 Å². The molecule has 0 aliphatic carbocycles. The Morgan fingerprint density at radius 1 is 1.15 bits per heavy atom. The zero-order chi connectivity index (χ0) is 18.5. The van der Waals surface area contributed by atoms with E-state index in [4.69, 9.17) is 17.3 Å². The number of thioether (sulfide) groups is 1. The molecule has 3 N–H and O–H groups in total. The maximum Gasteiger partial charge on any atom is 0.255 e. The van der Waals surface area contributed by atoms with Crippen molar-refractivity contribution in [2.45, 2.75) is 12.5 Å². The van der Waals surface area contributed by atoms with E-state index in [9.17, 15) is 9.59 Å². The number of amides is 2. The molecular weight excluding hydrogens is 370 g/mol. The molecule has 0 bridgehead atoms. The summed E-state index contributed by atoms with van der Waals surface area (Å²) in [6.07, 6.45) is 0.719. The number of hydrogen-bond acceptors (Lipinski definition) is 4. The quantitative estimate of drug-likeness (QED) is 0.771. The first-order valence-corrected chi connectivity index (χ1v) is 9.84. The number of nitrogens with zero attached hydrogens (tertiary/aromatic N) is 1. The number of halogens is 1. The minimum absolute atomic E-state index is 0.118. The number of carbonyl (C=O) groups excluding carboxylic acids is 2. The van der Waals surface area contributed by atoms with Gasteiger partial charge in [-0.2, -0.15) is 0 Å². The van der Waals surface area contributed by atoms with Crippen molar-refractivity contribution in [1.29, 1.82) is 0 Å². The fourth-order valence-corrected chi connectivity index (χ4v) is 4.03. The molecule has 0 spiro atoms. The van der Waals surface area contributed by atoms with Gasteiger partial charge in [0.25, 0.3) is 5.91 Å². The average Bonchev–Trinajstić information content (AvgIpc) is 3.13. The van der Waals surface area contributed by atoms with E-state index in [2.05, 4.69) is 5.32 Å². The predicted octanol–water partition coefficient (Wildman–Crippen LogP) is 2.80. The number of hydrogen-bond donors (Lipinski definition) is 2. The number of benzene rings is 2. The summed E-state index contributed by atoms with van der Waals surface area (Å²) in [5.41, 5.74) is 8.03. The van der Waals surface area contributed by atoms with Crippen LogP contribution in [0.15, 0.2) is 48.5 Å². The number of nitrogen functional groups attached to an aromatic ring is 1. The molecule has 0 aromatic heterocycles. The molecule has 1 atom stereocenters. The smallest absolute Gasteiger partial charge is 0.255 e. The first-order chi connectivity index (χ1) is 12.5. The molecule has 2 aromatic rings. The maximum atomic E-state index is 12.7. The van der Waals surface area contributed by atoms with E-state index < -0.39 is 6.04 Å². The van der Waals surface area contributed by atoms with Crippen LogP contribution in [0.1, 0.15) is 15.9 Å². The van der Waals surface area contributed by atoms with Gasteiger partial charge in [-0.1, -0.05) is 23.7 Å². The van der Waals surface area contributed by atoms with E-state index in [0.717, 1.165) is 17.7 Å². The van der Waals surface area contributed by atoms with Gasteiger partial charge in [0.15, 0.2) is 0 Å². The second kappa shape index (κ2) is 8.47. The Morgan fingerprint density at radius 3 is 2.54 bits per heavy atom. The molecule has 0 radical (unpaired) electrons. The van der Waals surface area contributed by atoms with Gasteiger partial charge in [-0.15, -0.1) is 11.8 Å². The van der Waals surface area contributed by atoms with Crippen LogP contribution in [-0.4, -0.2) is 40.9 Å². The van der Waals surface area contributed by atoms with Crippen molar-refractivity contribution in [2.75, 3.05) is 23.9 Å². The highest BCUT2D eigenvalue weighted by molar-refractivity contribution is 7.99. The molecule has 1 fully saturated rings.